The van der Waals surface area contributed by atoms with Crippen molar-refractivity contribution < 1.29 is 9.53 Å². The van der Waals surface area contributed by atoms with Crippen LogP contribution in [0.5, 0.6) is 5.75 Å². The molecule has 5 nitrogen and oxygen atoms in total. The standard InChI is InChI=1S/C18H23N3O2/c1-14-6-5-9-16(12-14)23-13-18(22)20-17-10-11-19-21(17)15-7-3-2-4-8-15/h5-6,9-12,15H,2-4,7-8,13H2,1H3,(H,20,22). The minimum Gasteiger partial charge on any atom is -0.484 e. The Morgan fingerprint density at radius 3 is 2.91 bits per heavy atom. The van der Waals surface area contributed by atoms with E-state index in [9.17, 15) is 4.79 Å². The van der Waals surface area contributed by atoms with Crippen molar-refractivity contribution in [1.82, 2.24) is 9.78 Å². The largest absolute Gasteiger partial charge is 0.484 e. The molecule has 1 aromatic carbocycles. The first kappa shape index (κ1) is 15.6. The van der Waals surface area contributed by atoms with Gasteiger partial charge in [0.1, 0.15) is 11.6 Å². The minimum absolute atomic E-state index is 0.000694. The second kappa shape index (κ2) is 7.31. The number of carbonyl (C=O) groups excluding carboxylic acids is 1. The normalized spacial score (nSPS) is 15.3. The number of hydrogen-bond acceptors (Lipinski definition) is 3. The van der Waals surface area contributed by atoms with Crippen molar-refractivity contribution in [3.8, 4) is 5.75 Å². The van der Waals surface area contributed by atoms with Crippen molar-refractivity contribution in [3.05, 3.63) is 42.1 Å². The molecule has 5 heteroatoms. The summed E-state index contributed by atoms with van der Waals surface area (Å²) in [4.78, 5) is 12.1. The monoisotopic (exact) mass is 313 g/mol. The van der Waals surface area contributed by atoms with E-state index in [1.54, 1.807) is 6.20 Å². The third-order valence-electron chi connectivity index (χ3n) is 4.22. The molecule has 1 N–H and O–H groups in total. The minimum atomic E-state index is -0.163. The summed E-state index contributed by atoms with van der Waals surface area (Å²) in [5, 5.41) is 7.29. The number of benzene rings is 1. The Kier molecular flexibility index (Phi) is 4.95. The molecule has 1 aliphatic rings. The number of anilines is 1. The number of ether oxygens (including phenoxy) is 1. The summed E-state index contributed by atoms with van der Waals surface area (Å²) in [7, 11) is 0. The zero-order chi connectivity index (χ0) is 16.1. The number of rotatable bonds is 5. The quantitative estimate of drug-likeness (QED) is 0.915. The molecule has 0 atom stereocenters. The van der Waals surface area contributed by atoms with Gasteiger partial charge in [-0.2, -0.15) is 5.10 Å². The van der Waals surface area contributed by atoms with Crippen LogP contribution >= 0.6 is 0 Å². The summed E-state index contributed by atoms with van der Waals surface area (Å²) in [6, 6.07) is 9.92. The van der Waals surface area contributed by atoms with Crippen molar-refractivity contribution in [2.75, 3.05) is 11.9 Å². The first-order valence-electron chi connectivity index (χ1n) is 8.25. The average Bonchev–Trinajstić information content (AvgIpc) is 3.02. The molecule has 3 rings (SSSR count). The summed E-state index contributed by atoms with van der Waals surface area (Å²) in [6.07, 6.45) is 7.76. The number of nitrogens with one attached hydrogen (secondary N) is 1. The fourth-order valence-corrected chi connectivity index (χ4v) is 3.06. The molecule has 1 heterocycles. The van der Waals surface area contributed by atoms with Crippen LogP contribution in [0, 0.1) is 6.92 Å². The number of hydrogen-bond donors (Lipinski definition) is 1. The van der Waals surface area contributed by atoms with E-state index < -0.39 is 0 Å². The van der Waals surface area contributed by atoms with Crippen molar-refractivity contribution >= 4 is 11.7 Å². The highest BCUT2D eigenvalue weighted by Gasteiger charge is 2.19. The summed E-state index contributed by atoms with van der Waals surface area (Å²) in [6.45, 7) is 1.99. The van der Waals surface area contributed by atoms with E-state index in [1.165, 1.54) is 19.3 Å². The van der Waals surface area contributed by atoms with Crippen LogP contribution in [0.15, 0.2) is 36.5 Å². The number of amides is 1. The third-order valence-corrected chi connectivity index (χ3v) is 4.22. The lowest BCUT2D eigenvalue weighted by molar-refractivity contribution is -0.118. The Bertz CT molecular complexity index is 660. The predicted molar refractivity (Wildman–Crippen MR) is 89.7 cm³/mol. The van der Waals surface area contributed by atoms with Gasteiger partial charge in [-0.05, 0) is 37.5 Å². The van der Waals surface area contributed by atoms with Crippen LogP contribution in [0.25, 0.3) is 0 Å². The van der Waals surface area contributed by atoms with E-state index in [0.29, 0.717) is 11.8 Å². The van der Waals surface area contributed by atoms with E-state index in [-0.39, 0.29) is 12.5 Å². The third kappa shape index (κ3) is 4.12. The lowest BCUT2D eigenvalue weighted by atomic mass is 9.96. The van der Waals surface area contributed by atoms with Gasteiger partial charge in [-0.15, -0.1) is 0 Å². The molecule has 0 bridgehead atoms. The molecule has 23 heavy (non-hydrogen) atoms. The molecule has 1 amide bonds. The van der Waals surface area contributed by atoms with Crippen LogP contribution in [0.4, 0.5) is 5.82 Å². The molecule has 0 aliphatic heterocycles. The summed E-state index contributed by atoms with van der Waals surface area (Å²) >= 11 is 0. The van der Waals surface area contributed by atoms with Crippen LogP contribution in [-0.4, -0.2) is 22.3 Å². The molecule has 0 radical (unpaired) electrons. The zero-order valence-electron chi connectivity index (χ0n) is 13.5. The highest BCUT2D eigenvalue weighted by molar-refractivity contribution is 5.91. The second-order valence-electron chi connectivity index (χ2n) is 6.11. The summed E-state index contributed by atoms with van der Waals surface area (Å²) in [5.41, 5.74) is 1.11. The molecular weight excluding hydrogens is 290 g/mol. The number of carbonyl (C=O) groups is 1. The van der Waals surface area contributed by atoms with E-state index in [1.807, 2.05) is 41.9 Å². The van der Waals surface area contributed by atoms with Crippen molar-refractivity contribution in [2.45, 2.75) is 45.1 Å². The smallest absolute Gasteiger partial charge is 0.263 e. The molecule has 1 fully saturated rings. The van der Waals surface area contributed by atoms with Crippen molar-refractivity contribution in [1.29, 1.82) is 0 Å². The van der Waals surface area contributed by atoms with E-state index in [0.717, 1.165) is 24.2 Å². The molecule has 122 valence electrons. The fraction of sp³-hybridized carbons (Fsp3) is 0.444. The Balaban J connectivity index is 1.57. The Morgan fingerprint density at radius 1 is 1.30 bits per heavy atom. The van der Waals surface area contributed by atoms with Gasteiger partial charge in [-0.3, -0.25) is 4.79 Å². The van der Waals surface area contributed by atoms with Gasteiger partial charge in [0, 0.05) is 6.07 Å². The number of aryl methyl sites for hydroxylation is 1. The van der Waals surface area contributed by atoms with Crippen molar-refractivity contribution in [2.24, 2.45) is 0 Å². The first-order chi connectivity index (χ1) is 11.2. The maximum Gasteiger partial charge on any atom is 0.263 e. The van der Waals surface area contributed by atoms with Gasteiger partial charge in [0.25, 0.3) is 5.91 Å². The van der Waals surface area contributed by atoms with Crippen molar-refractivity contribution in [3.63, 3.8) is 0 Å². The zero-order valence-corrected chi connectivity index (χ0v) is 13.5. The van der Waals surface area contributed by atoms with Crippen LogP contribution in [0.1, 0.15) is 43.7 Å². The topological polar surface area (TPSA) is 56.1 Å². The predicted octanol–water partition coefficient (Wildman–Crippen LogP) is 3.71. The number of nitrogens with zero attached hydrogens (tertiary/aromatic N) is 2. The molecule has 1 aromatic heterocycles. The van der Waals surface area contributed by atoms with Crippen LogP contribution in [-0.2, 0) is 4.79 Å². The van der Waals surface area contributed by atoms with Gasteiger partial charge in [-0.1, -0.05) is 31.4 Å². The molecule has 2 aromatic rings. The van der Waals surface area contributed by atoms with Gasteiger partial charge in [0.05, 0.1) is 12.2 Å². The number of aromatic nitrogens is 2. The van der Waals surface area contributed by atoms with E-state index in [2.05, 4.69) is 10.4 Å². The van der Waals surface area contributed by atoms with Gasteiger partial charge < -0.3 is 10.1 Å². The maximum absolute atomic E-state index is 12.1. The van der Waals surface area contributed by atoms with E-state index >= 15 is 0 Å². The highest BCUT2D eigenvalue weighted by atomic mass is 16.5. The Labute approximate surface area is 136 Å². The van der Waals surface area contributed by atoms with E-state index in [4.69, 9.17) is 4.74 Å². The lowest BCUT2D eigenvalue weighted by Gasteiger charge is -2.23. The molecule has 1 saturated carbocycles. The summed E-state index contributed by atoms with van der Waals surface area (Å²) < 4.78 is 7.49. The van der Waals surface area contributed by atoms with Gasteiger partial charge in [0.15, 0.2) is 6.61 Å². The Hall–Kier alpha value is -2.30. The van der Waals surface area contributed by atoms with Gasteiger partial charge in [-0.25, -0.2) is 4.68 Å². The van der Waals surface area contributed by atoms with Gasteiger partial charge >= 0.3 is 0 Å². The fourth-order valence-electron chi connectivity index (χ4n) is 3.06. The first-order valence-corrected chi connectivity index (χ1v) is 8.25. The molecular formula is C18H23N3O2. The van der Waals surface area contributed by atoms with Crippen LogP contribution in [0.3, 0.4) is 0 Å². The SMILES string of the molecule is Cc1cccc(OCC(=O)Nc2ccnn2C2CCCCC2)c1. The van der Waals surface area contributed by atoms with Crippen LogP contribution < -0.4 is 10.1 Å². The Morgan fingerprint density at radius 2 is 2.13 bits per heavy atom. The summed E-state index contributed by atoms with van der Waals surface area (Å²) in [5.74, 6) is 1.31. The maximum atomic E-state index is 12.1. The van der Waals surface area contributed by atoms with Gasteiger partial charge in [0.2, 0.25) is 0 Å². The second-order valence-corrected chi connectivity index (χ2v) is 6.11. The van der Waals surface area contributed by atoms with Crippen LogP contribution in [0.2, 0.25) is 0 Å². The molecule has 1 aliphatic carbocycles. The molecule has 0 saturated heterocycles. The molecule has 0 unspecified atom stereocenters. The molecule has 0 spiro atoms. The lowest BCUT2D eigenvalue weighted by Crippen LogP contribution is -2.24. The average molecular weight is 313 g/mol. The highest BCUT2D eigenvalue weighted by Crippen LogP contribution is 2.29.